The molecule has 1 fully saturated rings. The predicted octanol–water partition coefficient (Wildman–Crippen LogP) is 4.98. The quantitative estimate of drug-likeness (QED) is 0.564. The van der Waals surface area contributed by atoms with E-state index in [2.05, 4.69) is 33.3 Å². The minimum absolute atomic E-state index is 0.0974. The molecule has 31 heavy (non-hydrogen) atoms. The molecule has 0 spiro atoms. The van der Waals surface area contributed by atoms with Gasteiger partial charge in [-0.1, -0.05) is 25.3 Å². The standard InChI is InChI=1S/C25H32N4O2/c1-17(2)29(21-9-6-5-7-10-21)25(30)19-12-13-20(23(15-19)31-4)16-28-18(3)27-24-22(28)11-8-14-26-24/h8,11-15,17,21H,5-7,9-10,16H2,1-4H3. The molecule has 0 bridgehead atoms. The second-order valence-corrected chi connectivity index (χ2v) is 8.72. The number of rotatable bonds is 6. The van der Waals surface area contributed by atoms with Crippen molar-refractivity contribution in [1.29, 1.82) is 0 Å². The van der Waals surface area contributed by atoms with Crippen LogP contribution in [-0.2, 0) is 6.54 Å². The molecular formula is C25H32N4O2. The molecule has 3 aromatic rings. The van der Waals surface area contributed by atoms with Gasteiger partial charge < -0.3 is 14.2 Å². The number of imidazole rings is 1. The molecule has 0 radical (unpaired) electrons. The van der Waals surface area contributed by atoms with Gasteiger partial charge in [-0.15, -0.1) is 0 Å². The van der Waals surface area contributed by atoms with Crippen LogP contribution in [0.2, 0.25) is 0 Å². The molecule has 2 aromatic heterocycles. The van der Waals surface area contributed by atoms with E-state index in [-0.39, 0.29) is 11.9 Å². The first-order valence-electron chi connectivity index (χ1n) is 11.3. The number of nitrogens with zero attached hydrogens (tertiary/aromatic N) is 4. The van der Waals surface area contributed by atoms with Gasteiger partial charge in [0.15, 0.2) is 5.65 Å². The molecule has 6 nitrogen and oxygen atoms in total. The molecule has 4 rings (SSSR count). The van der Waals surface area contributed by atoms with Crippen molar-refractivity contribution in [3.63, 3.8) is 0 Å². The van der Waals surface area contributed by atoms with Crippen LogP contribution in [0.5, 0.6) is 5.75 Å². The number of methoxy groups -OCH3 is 1. The van der Waals surface area contributed by atoms with Crippen molar-refractivity contribution < 1.29 is 9.53 Å². The summed E-state index contributed by atoms with van der Waals surface area (Å²) in [5, 5.41) is 0. The summed E-state index contributed by atoms with van der Waals surface area (Å²) in [7, 11) is 1.66. The molecule has 0 aliphatic heterocycles. The highest BCUT2D eigenvalue weighted by atomic mass is 16.5. The van der Waals surface area contributed by atoms with Crippen molar-refractivity contribution >= 4 is 17.1 Å². The molecule has 0 N–H and O–H groups in total. The van der Waals surface area contributed by atoms with Gasteiger partial charge in [0.1, 0.15) is 11.6 Å². The fraction of sp³-hybridized carbons (Fsp3) is 0.480. The fourth-order valence-electron chi connectivity index (χ4n) is 4.78. The van der Waals surface area contributed by atoms with Crippen molar-refractivity contribution in [2.75, 3.05) is 7.11 Å². The van der Waals surface area contributed by atoms with E-state index in [1.807, 2.05) is 37.3 Å². The predicted molar refractivity (Wildman–Crippen MR) is 123 cm³/mol. The van der Waals surface area contributed by atoms with Crippen molar-refractivity contribution in [2.24, 2.45) is 0 Å². The number of hydrogen-bond acceptors (Lipinski definition) is 4. The summed E-state index contributed by atoms with van der Waals surface area (Å²) < 4.78 is 7.83. The smallest absolute Gasteiger partial charge is 0.254 e. The third-order valence-corrected chi connectivity index (χ3v) is 6.34. The Morgan fingerprint density at radius 1 is 1.23 bits per heavy atom. The number of benzene rings is 1. The molecular weight excluding hydrogens is 388 g/mol. The minimum atomic E-state index is 0.0974. The monoisotopic (exact) mass is 420 g/mol. The summed E-state index contributed by atoms with van der Waals surface area (Å²) in [6, 6.07) is 10.3. The highest BCUT2D eigenvalue weighted by Gasteiger charge is 2.28. The van der Waals surface area contributed by atoms with Crippen LogP contribution in [-0.4, -0.2) is 44.5 Å². The summed E-state index contributed by atoms with van der Waals surface area (Å²) >= 11 is 0. The van der Waals surface area contributed by atoms with Gasteiger partial charge in [-0.25, -0.2) is 9.97 Å². The van der Waals surface area contributed by atoms with Gasteiger partial charge in [-0.05, 0) is 57.9 Å². The van der Waals surface area contributed by atoms with Gasteiger partial charge in [-0.3, -0.25) is 4.79 Å². The number of aromatic nitrogens is 3. The lowest BCUT2D eigenvalue weighted by atomic mass is 9.92. The Hall–Kier alpha value is -2.89. The first-order valence-corrected chi connectivity index (χ1v) is 11.3. The highest BCUT2D eigenvalue weighted by Crippen LogP contribution is 2.28. The lowest BCUT2D eigenvalue weighted by Gasteiger charge is -2.37. The summed E-state index contributed by atoms with van der Waals surface area (Å²) in [6.45, 7) is 6.82. The Balaban J connectivity index is 1.63. The van der Waals surface area contributed by atoms with Crippen molar-refractivity contribution in [1.82, 2.24) is 19.4 Å². The van der Waals surface area contributed by atoms with Crippen LogP contribution in [0, 0.1) is 6.92 Å². The minimum Gasteiger partial charge on any atom is -0.496 e. The van der Waals surface area contributed by atoms with E-state index in [1.165, 1.54) is 19.3 Å². The number of amides is 1. The number of carbonyl (C=O) groups is 1. The lowest BCUT2D eigenvalue weighted by molar-refractivity contribution is 0.0555. The van der Waals surface area contributed by atoms with Crippen molar-refractivity contribution in [3.05, 3.63) is 53.5 Å². The van der Waals surface area contributed by atoms with Gasteiger partial charge >= 0.3 is 0 Å². The number of carbonyl (C=O) groups excluding carboxylic acids is 1. The van der Waals surface area contributed by atoms with Crippen LogP contribution in [0.4, 0.5) is 0 Å². The molecule has 1 aliphatic carbocycles. The first-order chi connectivity index (χ1) is 15.0. The third-order valence-electron chi connectivity index (χ3n) is 6.34. The zero-order valence-electron chi connectivity index (χ0n) is 19.0. The number of aryl methyl sites for hydroxylation is 1. The molecule has 1 saturated carbocycles. The largest absolute Gasteiger partial charge is 0.496 e. The summed E-state index contributed by atoms with van der Waals surface area (Å²) in [5.74, 6) is 1.72. The number of ether oxygens (including phenoxy) is 1. The summed E-state index contributed by atoms with van der Waals surface area (Å²) in [4.78, 5) is 24.4. The molecule has 0 atom stereocenters. The maximum absolute atomic E-state index is 13.5. The molecule has 1 aliphatic rings. The van der Waals surface area contributed by atoms with Crippen LogP contribution in [0.25, 0.3) is 11.2 Å². The molecule has 1 amide bonds. The fourth-order valence-corrected chi connectivity index (χ4v) is 4.78. The van der Waals surface area contributed by atoms with Gasteiger partial charge in [0.2, 0.25) is 0 Å². The zero-order chi connectivity index (χ0) is 22.0. The van der Waals surface area contributed by atoms with Gasteiger partial charge in [-0.2, -0.15) is 0 Å². The Kier molecular flexibility index (Phi) is 6.25. The average Bonchev–Trinajstić information content (AvgIpc) is 3.09. The van der Waals surface area contributed by atoms with E-state index >= 15 is 0 Å². The third kappa shape index (κ3) is 4.29. The van der Waals surface area contributed by atoms with Crippen LogP contribution in [0.15, 0.2) is 36.5 Å². The Morgan fingerprint density at radius 2 is 2.00 bits per heavy atom. The van der Waals surface area contributed by atoms with E-state index in [0.29, 0.717) is 18.2 Å². The van der Waals surface area contributed by atoms with E-state index in [9.17, 15) is 4.79 Å². The molecule has 1 aromatic carbocycles. The normalized spacial score (nSPS) is 14.9. The Bertz CT molecular complexity index is 1070. The van der Waals surface area contributed by atoms with Crippen LogP contribution in [0.3, 0.4) is 0 Å². The first kappa shape index (κ1) is 21.3. The number of fused-ring (bicyclic) bond motifs is 1. The maximum atomic E-state index is 13.5. The van der Waals surface area contributed by atoms with E-state index in [1.54, 1.807) is 13.3 Å². The average molecular weight is 421 g/mol. The second kappa shape index (κ2) is 9.08. The van der Waals surface area contributed by atoms with Crippen molar-refractivity contribution in [3.8, 4) is 5.75 Å². The van der Waals surface area contributed by atoms with Crippen molar-refractivity contribution in [2.45, 2.75) is 71.5 Å². The summed E-state index contributed by atoms with van der Waals surface area (Å²) in [5.41, 5.74) is 3.43. The number of hydrogen-bond donors (Lipinski definition) is 0. The lowest BCUT2D eigenvalue weighted by Crippen LogP contribution is -2.45. The van der Waals surface area contributed by atoms with Gasteiger partial charge in [0.05, 0.1) is 19.2 Å². The molecule has 0 unspecified atom stereocenters. The van der Waals surface area contributed by atoms with Crippen LogP contribution < -0.4 is 4.74 Å². The van der Waals surface area contributed by atoms with Crippen LogP contribution >= 0.6 is 0 Å². The topological polar surface area (TPSA) is 60.2 Å². The van der Waals surface area contributed by atoms with Gasteiger partial charge in [0.25, 0.3) is 5.91 Å². The maximum Gasteiger partial charge on any atom is 0.254 e. The highest BCUT2D eigenvalue weighted by molar-refractivity contribution is 5.95. The molecule has 0 saturated heterocycles. The second-order valence-electron chi connectivity index (χ2n) is 8.72. The van der Waals surface area contributed by atoms with Crippen LogP contribution in [0.1, 0.15) is 67.7 Å². The molecule has 2 heterocycles. The van der Waals surface area contributed by atoms with E-state index in [4.69, 9.17) is 4.74 Å². The van der Waals surface area contributed by atoms with E-state index < -0.39 is 0 Å². The molecule has 164 valence electrons. The SMILES string of the molecule is COc1cc(C(=O)N(C(C)C)C2CCCCC2)ccc1Cn1c(C)nc2ncccc21. The molecule has 6 heteroatoms. The number of pyridine rings is 1. The Morgan fingerprint density at radius 3 is 2.71 bits per heavy atom. The van der Waals surface area contributed by atoms with Gasteiger partial charge in [0, 0.05) is 29.4 Å². The zero-order valence-corrected chi connectivity index (χ0v) is 19.0. The van der Waals surface area contributed by atoms with E-state index in [0.717, 1.165) is 41.1 Å². The Labute approximate surface area is 184 Å². The summed E-state index contributed by atoms with van der Waals surface area (Å²) in [6.07, 6.45) is 7.64.